The molecule has 0 rings (SSSR count). The predicted octanol–water partition coefficient (Wildman–Crippen LogP) is 1.20. The molecule has 0 aromatic carbocycles. The Morgan fingerprint density at radius 1 is 1.67 bits per heavy atom. The molecule has 0 heterocycles. The Morgan fingerprint density at radius 3 is 2.50 bits per heavy atom. The molecular weight excluding hydrogens is 88.1 g/mol. The summed E-state index contributed by atoms with van der Waals surface area (Å²) >= 11 is 0. The van der Waals surface area contributed by atoms with E-state index in [-0.39, 0.29) is 0 Å². The van der Waals surface area contributed by atoms with Gasteiger partial charge in [-0.25, -0.2) is 0 Å². The Labute approximate surface area is 42.1 Å². The second-order valence-electron chi connectivity index (χ2n) is 1.36. The van der Waals surface area contributed by atoms with Gasteiger partial charge in [-0.1, -0.05) is 18.7 Å². The second kappa shape index (κ2) is 4.96. The summed E-state index contributed by atoms with van der Waals surface area (Å²) in [6.45, 7) is 4.39. The molecule has 0 aromatic heterocycles. The van der Waals surface area contributed by atoms with Crippen LogP contribution in [0.3, 0.4) is 0 Å². The van der Waals surface area contributed by atoms with Crippen molar-refractivity contribution in [2.24, 2.45) is 0 Å². The van der Waals surface area contributed by atoms with Crippen LogP contribution >= 0.6 is 0 Å². The molecule has 0 aliphatic heterocycles. The third-order valence-electron chi connectivity index (χ3n) is 0.691. The number of rotatable bonds is 2. The van der Waals surface area contributed by atoms with Crippen LogP contribution in [0.15, 0.2) is 12.2 Å². The molecule has 0 aliphatic carbocycles. The minimum atomic E-state index is 0.316. The summed E-state index contributed by atoms with van der Waals surface area (Å²) in [7, 11) is 0.316. The third-order valence-corrected chi connectivity index (χ3v) is 1.60. The van der Waals surface area contributed by atoms with Crippen molar-refractivity contribution in [1.82, 2.24) is 0 Å². The van der Waals surface area contributed by atoms with Gasteiger partial charge in [0.05, 0.1) is 0 Å². The van der Waals surface area contributed by atoms with Crippen LogP contribution in [0.4, 0.5) is 0 Å². The van der Waals surface area contributed by atoms with E-state index in [9.17, 15) is 0 Å². The van der Waals surface area contributed by atoms with Gasteiger partial charge in [0.15, 0.2) is 0 Å². The van der Waals surface area contributed by atoms with Gasteiger partial charge in [-0.2, -0.15) is 0 Å². The summed E-state index contributed by atoms with van der Waals surface area (Å²) < 4.78 is 0. The van der Waals surface area contributed by atoms with Gasteiger partial charge < -0.3 is 0 Å². The molecule has 0 aromatic rings. The maximum atomic E-state index is 2.32. The Bertz CT molecular complexity index is 39.2. The first-order valence-electron chi connectivity index (χ1n) is 2.53. The summed E-state index contributed by atoms with van der Waals surface area (Å²) in [5.74, 6) is 0. The fraction of sp³-hybridized carbons (Fsp3) is 0.600. The molecule has 0 atom stereocenters. The van der Waals surface area contributed by atoms with E-state index in [1.807, 2.05) is 0 Å². The van der Waals surface area contributed by atoms with E-state index in [0.717, 1.165) is 0 Å². The summed E-state index contributed by atoms with van der Waals surface area (Å²) in [5, 5.41) is 0. The lowest BCUT2D eigenvalue weighted by Crippen LogP contribution is -1.70. The number of hydrogen-bond acceptors (Lipinski definition) is 0. The molecule has 0 aliphatic rings. The monoisotopic (exact) mass is 100 g/mol. The van der Waals surface area contributed by atoms with Crippen LogP contribution in [0.25, 0.3) is 0 Å². The Hall–Kier alpha value is -0.0431. The predicted molar refractivity (Wildman–Crippen MR) is 34.0 cm³/mol. The van der Waals surface area contributed by atoms with Crippen molar-refractivity contribution >= 4 is 9.52 Å². The zero-order valence-corrected chi connectivity index (χ0v) is 5.98. The van der Waals surface area contributed by atoms with E-state index < -0.39 is 0 Å². The van der Waals surface area contributed by atoms with Crippen molar-refractivity contribution in [2.45, 2.75) is 19.5 Å². The van der Waals surface area contributed by atoms with Crippen molar-refractivity contribution in [2.75, 3.05) is 0 Å². The van der Waals surface area contributed by atoms with Crippen LogP contribution in [0.5, 0.6) is 0 Å². The molecule has 36 valence electrons. The van der Waals surface area contributed by atoms with Gasteiger partial charge in [0, 0.05) is 9.52 Å². The molecule has 0 fully saturated rings. The van der Waals surface area contributed by atoms with Crippen molar-refractivity contribution in [1.29, 1.82) is 0 Å². The SMILES string of the molecule is CC=CC[SiH2]C. The Balaban J connectivity index is 2.66. The molecule has 0 amide bonds. The third kappa shape index (κ3) is 3.96. The maximum Gasteiger partial charge on any atom is 0.0209 e. The molecular formula is C5H12Si. The average Bonchev–Trinajstić information content (AvgIpc) is 1.61. The minimum absolute atomic E-state index is 0.316. The van der Waals surface area contributed by atoms with Gasteiger partial charge in [-0.3, -0.25) is 0 Å². The molecule has 0 saturated carbocycles. The van der Waals surface area contributed by atoms with Crippen molar-refractivity contribution in [3.63, 3.8) is 0 Å². The summed E-state index contributed by atoms with van der Waals surface area (Å²) in [5.41, 5.74) is 0. The first-order chi connectivity index (χ1) is 2.91. The molecule has 6 heavy (non-hydrogen) atoms. The van der Waals surface area contributed by atoms with E-state index in [1.165, 1.54) is 6.04 Å². The largest absolute Gasteiger partial charge is 0.0920 e. The van der Waals surface area contributed by atoms with Gasteiger partial charge in [0.25, 0.3) is 0 Å². The lowest BCUT2D eigenvalue weighted by molar-refractivity contribution is 1.60. The molecule has 0 saturated heterocycles. The highest BCUT2D eigenvalue weighted by Gasteiger charge is 1.66. The highest BCUT2D eigenvalue weighted by atomic mass is 28.2. The smallest absolute Gasteiger partial charge is 0.0209 e. The van der Waals surface area contributed by atoms with Crippen LogP contribution < -0.4 is 0 Å². The van der Waals surface area contributed by atoms with Crippen LogP contribution in [-0.4, -0.2) is 9.52 Å². The Morgan fingerprint density at radius 2 is 2.33 bits per heavy atom. The first kappa shape index (κ1) is 5.96. The lowest BCUT2D eigenvalue weighted by atomic mass is 10.6. The van der Waals surface area contributed by atoms with Gasteiger partial charge in [0.1, 0.15) is 0 Å². The molecule has 0 spiro atoms. The highest BCUT2D eigenvalue weighted by molar-refractivity contribution is 6.34. The zero-order chi connectivity index (χ0) is 4.83. The van der Waals surface area contributed by atoms with Gasteiger partial charge in [-0.15, -0.1) is 0 Å². The van der Waals surface area contributed by atoms with Crippen LogP contribution in [-0.2, 0) is 0 Å². The second-order valence-corrected chi connectivity index (χ2v) is 2.94. The average molecular weight is 100 g/mol. The van der Waals surface area contributed by atoms with E-state index in [2.05, 4.69) is 25.6 Å². The maximum absolute atomic E-state index is 2.32. The molecule has 0 nitrogen and oxygen atoms in total. The normalized spacial score (nSPS) is 12.3. The van der Waals surface area contributed by atoms with Gasteiger partial charge in [-0.05, 0) is 13.0 Å². The summed E-state index contributed by atoms with van der Waals surface area (Å²) in [4.78, 5) is 0. The fourth-order valence-electron chi connectivity index (χ4n) is 0.333. The Kier molecular flexibility index (Phi) is 4.92. The lowest BCUT2D eigenvalue weighted by Gasteiger charge is -1.74. The van der Waals surface area contributed by atoms with E-state index >= 15 is 0 Å². The van der Waals surface area contributed by atoms with Crippen molar-refractivity contribution in [3.05, 3.63) is 12.2 Å². The standard InChI is InChI=1S/C5H12Si/c1-3-4-5-6-2/h3-4H,5-6H2,1-2H3. The first-order valence-corrected chi connectivity index (χ1v) is 4.94. The summed E-state index contributed by atoms with van der Waals surface area (Å²) in [6, 6.07) is 1.37. The number of allylic oxidation sites excluding steroid dienone is 2. The van der Waals surface area contributed by atoms with Gasteiger partial charge in [0.2, 0.25) is 0 Å². The van der Waals surface area contributed by atoms with E-state index in [4.69, 9.17) is 0 Å². The van der Waals surface area contributed by atoms with Crippen LogP contribution in [0.2, 0.25) is 12.6 Å². The van der Waals surface area contributed by atoms with Crippen LogP contribution in [0, 0.1) is 0 Å². The topological polar surface area (TPSA) is 0 Å². The van der Waals surface area contributed by atoms with Crippen molar-refractivity contribution < 1.29 is 0 Å². The highest BCUT2D eigenvalue weighted by Crippen LogP contribution is 1.77. The molecule has 0 bridgehead atoms. The summed E-state index contributed by atoms with van der Waals surface area (Å²) in [6.07, 6.45) is 4.36. The molecule has 0 radical (unpaired) electrons. The van der Waals surface area contributed by atoms with E-state index in [1.54, 1.807) is 0 Å². The minimum Gasteiger partial charge on any atom is -0.0920 e. The van der Waals surface area contributed by atoms with E-state index in [0.29, 0.717) is 9.52 Å². The molecule has 1 heteroatoms. The quantitative estimate of drug-likeness (QED) is 0.361. The van der Waals surface area contributed by atoms with Gasteiger partial charge >= 0.3 is 0 Å². The zero-order valence-electron chi connectivity index (χ0n) is 4.57. The van der Waals surface area contributed by atoms with Crippen LogP contribution in [0.1, 0.15) is 6.92 Å². The number of hydrogen-bond donors (Lipinski definition) is 0. The fourth-order valence-corrected chi connectivity index (χ4v) is 1.00. The van der Waals surface area contributed by atoms with Crippen molar-refractivity contribution in [3.8, 4) is 0 Å². The molecule has 0 N–H and O–H groups in total. The molecule has 0 unspecified atom stereocenters.